The fraction of sp³-hybridized carbons (Fsp3) is 0. The van der Waals surface area contributed by atoms with Crippen molar-refractivity contribution >= 4 is 39.5 Å². The lowest BCUT2D eigenvalue weighted by atomic mass is 10.2. The molecule has 2 aromatic rings. The molecule has 1 aromatic carbocycles. The molecule has 2 N–H and O–H groups in total. The van der Waals surface area contributed by atoms with Gasteiger partial charge in [-0.25, -0.2) is 4.79 Å². The van der Waals surface area contributed by atoms with E-state index < -0.39 is 5.97 Å². The van der Waals surface area contributed by atoms with Crippen molar-refractivity contribution in [3.63, 3.8) is 0 Å². The lowest BCUT2D eigenvalue weighted by molar-refractivity contribution is 0.0691. The topological polar surface area (TPSA) is 53.1 Å². The lowest BCUT2D eigenvalue weighted by Crippen LogP contribution is -1.94. The minimum atomic E-state index is -0.925. The summed E-state index contributed by atoms with van der Waals surface area (Å²) in [5.41, 5.74) is 1.09. The molecule has 66 valence electrons. The molecule has 1 heterocycles. The van der Waals surface area contributed by atoms with Crippen LogP contribution in [-0.2, 0) is 0 Å². The van der Waals surface area contributed by atoms with Crippen LogP contribution in [0, 0.1) is 3.57 Å². The van der Waals surface area contributed by atoms with E-state index in [-0.39, 0.29) is 5.69 Å². The average molecular weight is 287 g/mol. The number of rotatable bonds is 1. The molecule has 0 aliphatic heterocycles. The quantitative estimate of drug-likeness (QED) is 0.792. The Morgan fingerprint density at radius 2 is 2.15 bits per heavy atom. The summed E-state index contributed by atoms with van der Waals surface area (Å²) in [6.45, 7) is 0. The van der Waals surface area contributed by atoms with E-state index in [2.05, 4.69) is 27.6 Å². The second kappa shape index (κ2) is 3.02. The van der Waals surface area contributed by atoms with Crippen LogP contribution in [-0.4, -0.2) is 16.1 Å². The van der Waals surface area contributed by atoms with Crippen molar-refractivity contribution in [2.24, 2.45) is 0 Å². The molecule has 2 rings (SSSR count). The maximum absolute atomic E-state index is 10.6. The average Bonchev–Trinajstić information content (AvgIpc) is 2.46. The standard InChI is InChI=1S/C9H6INO2/c10-6-1-2-7-5(3-6)4-8(11-7)9(12)13/h1-4,11H,(H,12,13). The Morgan fingerprint density at radius 3 is 2.85 bits per heavy atom. The number of carboxylic acid groups (broad SMARTS) is 1. The number of carbonyl (C=O) groups is 1. The van der Waals surface area contributed by atoms with E-state index in [4.69, 9.17) is 5.11 Å². The van der Waals surface area contributed by atoms with Crippen molar-refractivity contribution in [1.29, 1.82) is 0 Å². The Labute approximate surface area is 87.9 Å². The minimum Gasteiger partial charge on any atom is -0.477 e. The molecule has 0 atom stereocenters. The third kappa shape index (κ3) is 1.53. The van der Waals surface area contributed by atoms with Crippen LogP contribution < -0.4 is 0 Å². The number of benzene rings is 1. The highest BCUT2D eigenvalue weighted by atomic mass is 127. The Bertz CT molecular complexity index is 475. The third-order valence-corrected chi connectivity index (χ3v) is 2.48. The minimum absolute atomic E-state index is 0.233. The summed E-state index contributed by atoms with van der Waals surface area (Å²) in [5, 5.41) is 9.66. The molecule has 0 saturated carbocycles. The van der Waals surface area contributed by atoms with Gasteiger partial charge in [0.1, 0.15) is 5.69 Å². The number of aromatic nitrogens is 1. The van der Waals surface area contributed by atoms with Crippen LogP contribution in [0.5, 0.6) is 0 Å². The Kier molecular flexibility index (Phi) is 1.99. The van der Waals surface area contributed by atoms with E-state index in [0.717, 1.165) is 14.5 Å². The molecule has 0 bridgehead atoms. The van der Waals surface area contributed by atoms with Gasteiger partial charge >= 0.3 is 5.97 Å². The van der Waals surface area contributed by atoms with Crippen LogP contribution in [0.25, 0.3) is 10.9 Å². The van der Waals surface area contributed by atoms with Crippen molar-refractivity contribution in [3.8, 4) is 0 Å². The zero-order chi connectivity index (χ0) is 9.42. The van der Waals surface area contributed by atoms with Crippen LogP contribution in [0.3, 0.4) is 0 Å². The van der Waals surface area contributed by atoms with Crippen molar-refractivity contribution in [2.45, 2.75) is 0 Å². The van der Waals surface area contributed by atoms with Gasteiger partial charge in [0, 0.05) is 14.5 Å². The van der Waals surface area contributed by atoms with Gasteiger partial charge in [-0.05, 0) is 46.9 Å². The largest absolute Gasteiger partial charge is 0.477 e. The normalized spacial score (nSPS) is 10.5. The van der Waals surface area contributed by atoms with Gasteiger partial charge in [0.15, 0.2) is 0 Å². The number of hydrogen-bond acceptors (Lipinski definition) is 1. The van der Waals surface area contributed by atoms with E-state index >= 15 is 0 Å². The molecule has 3 nitrogen and oxygen atoms in total. The number of halogens is 1. The smallest absolute Gasteiger partial charge is 0.352 e. The van der Waals surface area contributed by atoms with E-state index in [1.54, 1.807) is 6.07 Å². The summed E-state index contributed by atoms with van der Waals surface area (Å²) in [6, 6.07) is 7.40. The van der Waals surface area contributed by atoms with E-state index in [1.165, 1.54) is 0 Å². The summed E-state index contributed by atoms with van der Waals surface area (Å²) in [6.07, 6.45) is 0. The van der Waals surface area contributed by atoms with Crippen LogP contribution >= 0.6 is 22.6 Å². The predicted octanol–water partition coefficient (Wildman–Crippen LogP) is 2.47. The molecule has 0 aliphatic carbocycles. The Hall–Kier alpha value is -1.04. The molecule has 0 radical (unpaired) electrons. The highest BCUT2D eigenvalue weighted by molar-refractivity contribution is 14.1. The van der Waals surface area contributed by atoms with Gasteiger partial charge < -0.3 is 10.1 Å². The molecule has 0 spiro atoms. The SMILES string of the molecule is O=C(O)c1cc2cc(I)ccc2[nH]1. The number of aromatic amines is 1. The van der Waals surface area contributed by atoms with Crippen molar-refractivity contribution in [3.05, 3.63) is 33.5 Å². The molecule has 13 heavy (non-hydrogen) atoms. The van der Waals surface area contributed by atoms with Crippen molar-refractivity contribution in [2.75, 3.05) is 0 Å². The van der Waals surface area contributed by atoms with E-state index in [1.807, 2.05) is 18.2 Å². The van der Waals surface area contributed by atoms with Gasteiger partial charge in [0.05, 0.1) is 0 Å². The molecule has 1 aromatic heterocycles. The second-order valence-electron chi connectivity index (χ2n) is 2.72. The molecule has 4 heteroatoms. The summed E-state index contributed by atoms with van der Waals surface area (Å²) in [5.74, 6) is -0.925. The van der Waals surface area contributed by atoms with Crippen LogP contribution in [0.1, 0.15) is 10.5 Å². The predicted molar refractivity (Wildman–Crippen MR) is 58.0 cm³/mol. The molecular weight excluding hydrogens is 281 g/mol. The summed E-state index contributed by atoms with van der Waals surface area (Å²) in [4.78, 5) is 13.4. The fourth-order valence-electron chi connectivity index (χ4n) is 1.22. The zero-order valence-corrected chi connectivity index (χ0v) is 8.70. The molecule has 0 fully saturated rings. The number of nitrogens with one attached hydrogen (secondary N) is 1. The highest BCUT2D eigenvalue weighted by Gasteiger charge is 2.06. The first kappa shape index (κ1) is 8.55. The van der Waals surface area contributed by atoms with Gasteiger partial charge in [-0.1, -0.05) is 0 Å². The van der Waals surface area contributed by atoms with Gasteiger partial charge in [-0.3, -0.25) is 0 Å². The van der Waals surface area contributed by atoms with Gasteiger partial charge in [0.2, 0.25) is 0 Å². The number of aromatic carboxylic acids is 1. The first-order chi connectivity index (χ1) is 6.16. The summed E-state index contributed by atoms with van der Waals surface area (Å²) >= 11 is 2.19. The van der Waals surface area contributed by atoms with Gasteiger partial charge in [-0.2, -0.15) is 0 Å². The first-order valence-corrected chi connectivity index (χ1v) is 4.76. The molecule has 0 saturated heterocycles. The Morgan fingerprint density at radius 1 is 1.38 bits per heavy atom. The van der Waals surface area contributed by atoms with Crippen LogP contribution in [0.4, 0.5) is 0 Å². The number of H-pyrrole nitrogens is 1. The summed E-state index contributed by atoms with van der Waals surface area (Å²) < 4.78 is 1.10. The third-order valence-electron chi connectivity index (χ3n) is 1.81. The molecule has 0 amide bonds. The maximum Gasteiger partial charge on any atom is 0.352 e. The molecule has 0 aliphatic rings. The van der Waals surface area contributed by atoms with E-state index in [9.17, 15) is 4.79 Å². The van der Waals surface area contributed by atoms with Gasteiger partial charge in [-0.15, -0.1) is 0 Å². The highest BCUT2D eigenvalue weighted by Crippen LogP contribution is 2.18. The number of hydrogen-bond donors (Lipinski definition) is 2. The van der Waals surface area contributed by atoms with Crippen LogP contribution in [0.15, 0.2) is 24.3 Å². The van der Waals surface area contributed by atoms with E-state index in [0.29, 0.717) is 0 Å². The first-order valence-electron chi connectivity index (χ1n) is 3.68. The maximum atomic E-state index is 10.6. The Balaban J connectivity index is 2.68. The van der Waals surface area contributed by atoms with Crippen LogP contribution in [0.2, 0.25) is 0 Å². The van der Waals surface area contributed by atoms with Gasteiger partial charge in [0.25, 0.3) is 0 Å². The molecule has 0 unspecified atom stereocenters. The summed E-state index contributed by atoms with van der Waals surface area (Å²) in [7, 11) is 0. The second-order valence-corrected chi connectivity index (χ2v) is 3.97. The number of carboxylic acids is 1. The monoisotopic (exact) mass is 287 g/mol. The van der Waals surface area contributed by atoms with Crippen molar-refractivity contribution in [1.82, 2.24) is 4.98 Å². The molecular formula is C9H6INO2. The zero-order valence-electron chi connectivity index (χ0n) is 6.54. The number of fused-ring (bicyclic) bond motifs is 1. The lowest BCUT2D eigenvalue weighted by Gasteiger charge is -1.89. The van der Waals surface area contributed by atoms with Crippen molar-refractivity contribution < 1.29 is 9.90 Å². The fourth-order valence-corrected chi connectivity index (χ4v) is 1.73.